The highest BCUT2D eigenvalue weighted by atomic mass is 16.6. The van der Waals surface area contributed by atoms with E-state index in [1.54, 1.807) is 32.3 Å². The van der Waals surface area contributed by atoms with E-state index >= 15 is 0 Å². The van der Waals surface area contributed by atoms with E-state index in [1.165, 1.54) is 6.42 Å². The molecule has 11 heteroatoms. The first-order valence-corrected chi connectivity index (χ1v) is 23.0. The molecule has 2 amide bonds. The Labute approximate surface area is 374 Å². The van der Waals surface area contributed by atoms with Crippen LogP contribution in [0.4, 0.5) is 4.79 Å². The van der Waals surface area contributed by atoms with E-state index in [4.69, 9.17) is 23.7 Å². The van der Waals surface area contributed by atoms with E-state index < -0.39 is 18.2 Å². The van der Waals surface area contributed by atoms with Gasteiger partial charge in [-0.1, -0.05) is 111 Å². The number of piperidine rings is 1. The van der Waals surface area contributed by atoms with Crippen LogP contribution >= 0.6 is 0 Å². The Morgan fingerprint density at radius 1 is 0.810 bits per heavy atom. The van der Waals surface area contributed by atoms with Crippen molar-refractivity contribution in [2.45, 2.75) is 88.5 Å². The number of carbonyl (C=O) groups is 2. The maximum atomic E-state index is 14.4. The van der Waals surface area contributed by atoms with Crippen LogP contribution < -0.4 is 14.8 Å². The number of nitrogens with zero attached hydrogens (tertiary/aromatic N) is 2. The van der Waals surface area contributed by atoms with Gasteiger partial charge in [-0.15, -0.1) is 0 Å². The molecule has 3 aliphatic rings. The van der Waals surface area contributed by atoms with E-state index in [0.29, 0.717) is 37.1 Å². The second-order valence-corrected chi connectivity index (χ2v) is 17.6. The molecule has 2 fully saturated rings. The van der Waals surface area contributed by atoms with Gasteiger partial charge in [0.1, 0.15) is 18.1 Å². The molecule has 1 heterocycles. The van der Waals surface area contributed by atoms with Gasteiger partial charge >= 0.3 is 6.09 Å². The number of carbonyl (C=O) groups excluding carboxylic acids is 2. The van der Waals surface area contributed by atoms with Crippen molar-refractivity contribution >= 4 is 12.0 Å². The number of aliphatic hydroxyl groups excluding tert-OH is 1. The summed E-state index contributed by atoms with van der Waals surface area (Å²) in [5.41, 5.74) is 6.44. The minimum Gasteiger partial charge on any atom is -0.497 e. The van der Waals surface area contributed by atoms with Gasteiger partial charge in [0.25, 0.3) is 0 Å². The molecule has 0 aromatic heterocycles. The predicted molar refractivity (Wildman–Crippen MR) is 245 cm³/mol. The minimum atomic E-state index is -1.05. The Morgan fingerprint density at radius 3 is 2.14 bits per heavy atom. The van der Waals surface area contributed by atoms with Crippen LogP contribution in [0.15, 0.2) is 97.1 Å². The third kappa shape index (κ3) is 12.4. The van der Waals surface area contributed by atoms with E-state index in [9.17, 15) is 14.7 Å². The molecule has 11 nitrogen and oxygen atoms in total. The van der Waals surface area contributed by atoms with Gasteiger partial charge in [0.15, 0.2) is 0 Å². The Morgan fingerprint density at radius 2 is 1.48 bits per heavy atom. The molecule has 1 saturated heterocycles. The molecule has 2 aliphatic carbocycles. The Hall–Kier alpha value is -4.94. The molecule has 0 radical (unpaired) electrons. The minimum absolute atomic E-state index is 0.0428. The van der Waals surface area contributed by atoms with Crippen LogP contribution in [0.1, 0.15) is 92.1 Å². The molecule has 4 aromatic rings. The summed E-state index contributed by atoms with van der Waals surface area (Å²) in [6.45, 7) is 3.24. The molecule has 63 heavy (non-hydrogen) atoms. The zero-order valence-electron chi connectivity index (χ0n) is 37.4. The van der Waals surface area contributed by atoms with E-state index in [2.05, 4.69) is 58.7 Å². The first-order valence-electron chi connectivity index (χ1n) is 23.0. The summed E-state index contributed by atoms with van der Waals surface area (Å²) in [7, 11) is 4.89. The molecule has 7 rings (SSSR count). The molecule has 0 bridgehead atoms. The number of hydrogen-bond acceptors (Lipinski definition) is 9. The van der Waals surface area contributed by atoms with Crippen LogP contribution in [-0.2, 0) is 25.5 Å². The lowest BCUT2D eigenvalue weighted by molar-refractivity contribution is -0.125. The third-order valence-electron chi connectivity index (χ3n) is 13.2. The van der Waals surface area contributed by atoms with Gasteiger partial charge in [-0.05, 0) is 83.7 Å². The number of methoxy groups -OCH3 is 3. The van der Waals surface area contributed by atoms with Crippen LogP contribution in [0.3, 0.4) is 0 Å². The molecule has 1 saturated carbocycles. The van der Waals surface area contributed by atoms with E-state index in [1.807, 2.05) is 42.5 Å². The van der Waals surface area contributed by atoms with Crippen LogP contribution in [-0.4, -0.2) is 106 Å². The van der Waals surface area contributed by atoms with Gasteiger partial charge in [-0.3, -0.25) is 9.69 Å². The number of rotatable bonds is 21. The quantitative estimate of drug-likeness (QED) is 0.0793. The second kappa shape index (κ2) is 23.1. The van der Waals surface area contributed by atoms with Gasteiger partial charge in [0.05, 0.1) is 45.6 Å². The summed E-state index contributed by atoms with van der Waals surface area (Å²) in [4.78, 5) is 32.3. The molecule has 2 unspecified atom stereocenters. The van der Waals surface area contributed by atoms with Crippen molar-refractivity contribution in [3.8, 4) is 22.6 Å². The smallest absolute Gasteiger partial charge is 0.410 e. The Balaban J connectivity index is 1.07. The number of amides is 2. The van der Waals surface area contributed by atoms with Crippen LogP contribution in [0.2, 0.25) is 0 Å². The number of aliphatic hydroxyl groups is 1. The van der Waals surface area contributed by atoms with Crippen molar-refractivity contribution in [3.63, 3.8) is 0 Å². The highest BCUT2D eigenvalue weighted by Gasteiger charge is 2.34. The second-order valence-electron chi connectivity index (χ2n) is 17.6. The lowest BCUT2D eigenvalue weighted by atomic mass is 9.83. The van der Waals surface area contributed by atoms with Gasteiger partial charge in [-0.2, -0.15) is 0 Å². The molecular formula is C52H67N3O8. The zero-order valence-corrected chi connectivity index (χ0v) is 37.4. The third-order valence-corrected chi connectivity index (χ3v) is 13.2. The summed E-state index contributed by atoms with van der Waals surface area (Å²) >= 11 is 0. The summed E-state index contributed by atoms with van der Waals surface area (Å²) < 4.78 is 29.1. The standard InChI is InChI=1S/C52H67N3O8/c1-59-26-15-27-62-51(39-18-8-5-9-19-39)40-20-14-25-54(33-40)35-50(57)53-48(30-37-16-6-4-7-17-37)49(56)34-55(32-38-28-41(60-2)31-42(29-38)61-3)52(58)63-36-47-45-23-12-10-21-43(45)44-22-11-13-24-46(44)47/h5,8-13,18-19,21-24,28-29,31,37,40,47-49,51,56H,4,6-7,14-17,20,25-27,30,32-36H2,1-3H3,(H,53,57)/t40?,48-,49+,51?/m0/s1. The largest absolute Gasteiger partial charge is 0.497 e. The number of nitrogens with one attached hydrogen (secondary N) is 1. The molecule has 4 atom stereocenters. The SMILES string of the molecule is COCCCOC(c1ccccc1)C1CCCN(CC(=O)N[C@@H](CC2CCCCC2)[C@H](O)CN(Cc2cc(OC)cc(OC)c2)C(=O)OCC2c3ccccc3-c3ccccc32)C1. The maximum absolute atomic E-state index is 14.4. The average molecular weight is 862 g/mol. The Kier molecular flexibility index (Phi) is 16.9. The van der Waals surface area contributed by atoms with Crippen molar-refractivity contribution in [3.05, 3.63) is 119 Å². The normalized spacial score (nSPS) is 18.1. The summed E-state index contributed by atoms with van der Waals surface area (Å²) in [6, 6.07) is 31.8. The van der Waals surface area contributed by atoms with Crippen LogP contribution in [0.5, 0.6) is 11.5 Å². The zero-order chi connectivity index (χ0) is 44.0. The summed E-state index contributed by atoms with van der Waals surface area (Å²) in [6.07, 6.45) is 7.31. The molecule has 4 aromatic carbocycles. The number of hydrogen-bond donors (Lipinski definition) is 2. The molecule has 338 valence electrons. The van der Waals surface area contributed by atoms with Gasteiger partial charge < -0.3 is 39.0 Å². The number of benzene rings is 4. The predicted octanol–water partition coefficient (Wildman–Crippen LogP) is 8.78. The maximum Gasteiger partial charge on any atom is 0.410 e. The van der Waals surface area contributed by atoms with Gasteiger partial charge in [0.2, 0.25) is 5.91 Å². The number of fused-ring (bicyclic) bond motifs is 3. The summed E-state index contributed by atoms with van der Waals surface area (Å²) in [5.74, 6) is 1.52. The van der Waals surface area contributed by atoms with Crippen LogP contribution in [0, 0.1) is 11.8 Å². The lowest BCUT2D eigenvalue weighted by Crippen LogP contribution is -2.53. The lowest BCUT2D eigenvalue weighted by Gasteiger charge is -2.37. The molecule has 1 aliphatic heterocycles. The first kappa shape index (κ1) is 46.1. The average Bonchev–Trinajstić information content (AvgIpc) is 3.64. The fourth-order valence-corrected chi connectivity index (χ4v) is 10.0. The monoisotopic (exact) mass is 861 g/mol. The topological polar surface area (TPSA) is 119 Å². The number of likely N-dealkylation sites (tertiary alicyclic amines) is 1. The molecule has 2 N–H and O–H groups in total. The fraction of sp³-hybridized carbons (Fsp3) is 0.500. The highest BCUT2D eigenvalue weighted by molar-refractivity contribution is 5.79. The van der Waals surface area contributed by atoms with Crippen LogP contribution in [0.25, 0.3) is 11.1 Å². The van der Waals surface area contributed by atoms with Crippen molar-refractivity contribution in [1.29, 1.82) is 0 Å². The Bertz CT molecular complexity index is 1990. The van der Waals surface area contributed by atoms with Gasteiger partial charge in [0, 0.05) is 51.3 Å². The van der Waals surface area contributed by atoms with Crippen molar-refractivity contribution < 1.29 is 38.4 Å². The fourth-order valence-electron chi connectivity index (χ4n) is 10.0. The first-order chi connectivity index (χ1) is 30.8. The van der Waals surface area contributed by atoms with Crippen molar-refractivity contribution in [1.82, 2.24) is 15.1 Å². The van der Waals surface area contributed by atoms with Crippen molar-refractivity contribution in [2.75, 3.05) is 67.3 Å². The summed E-state index contributed by atoms with van der Waals surface area (Å²) in [5, 5.41) is 15.5. The highest BCUT2D eigenvalue weighted by Crippen LogP contribution is 2.44. The number of ether oxygens (including phenoxy) is 5. The van der Waals surface area contributed by atoms with Crippen molar-refractivity contribution in [2.24, 2.45) is 11.8 Å². The van der Waals surface area contributed by atoms with E-state index in [-0.39, 0.29) is 50.1 Å². The molecule has 0 spiro atoms. The van der Waals surface area contributed by atoms with Gasteiger partial charge in [-0.25, -0.2) is 4.79 Å². The molecular weight excluding hydrogens is 795 g/mol. The van der Waals surface area contributed by atoms with E-state index in [0.717, 1.165) is 91.4 Å².